The third-order valence-electron chi connectivity index (χ3n) is 3.85. The van der Waals surface area contributed by atoms with Crippen LogP contribution in [0, 0.1) is 25.5 Å². The van der Waals surface area contributed by atoms with Gasteiger partial charge in [-0.3, -0.25) is 4.79 Å². The molecule has 2 aromatic carbocycles. The van der Waals surface area contributed by atoms with E-state index in [-0.39, 0.29) is 16.0 Å². The van der Waals surface area contributed by atoms with Crippen LogP contribution < -0.4 is 10.5 Å². The molecule has 8 heteroatoms. The highest BCUT2D eigenvalue weighted by Gasteiger charge is 2.20. The lowest BCUT2D eigenvalue weighted by Gasteiger charge is -2.17. The van der Waals surface area contributed by atoms with Crippen molar-refractivity contribution in [1.82, 2.24) is 5.32 Å². The van der Waals surface area contributed by atoms with E-state index in [1.165, 1.54) is 18.2 Å². The Balaban J connectivity index is 2.35. The smallest absolute Gasteiger partial charge is 0.252 e. The fourth-order valence-corrected chi connectivity index (χ4v) is 3.38. The van der Waals surface area contributed by atoms with Crippen LogP contribution in [0.25, 0.3) is 0 Å². The molecule has 0 radical (unpaired) electrons. The maximum atomic E-state index is 13.8. The first-order valence-electron chi connectivity index (χ1n) is 7.40. The number of carbonyl (C=O) groups excluding carboxylic acids is 1. The largest absolute Gasteiger partial charge is 0.345 e. The Morgan fingerprint density at radius 3 is 2.32 bits per heavy atom. The molecule has 0 aliphatic rings. The molecule has 0 fully saturated rings. The average Bonchev–Trinajstić information content (AvgIpc) is 2.45. The number of nitrogens with two attached hydrogens (primary N) is 1. The second-order valence-corrected chi connectivity index (χ2v) is 7.37. The summed E-state index contributed by atoms with van der Waals surface area (Å²) >= 11 is 0. The van der Waals surface area contributed by atoms with E-state index >= 15 is 0 Å². The van der Waals surface area contributed by atoms with Crippen LogP contribution in [-0.4, -0.2) is 14.3 Å². The van der Waals surface area contributed by atoms with Gasteiger partial charge in [0.25, 0.3) is 5.91 Å². The van der Waals surface area contributed by atoms with Crippen molar-refractivity contribution < 1.29 is 22.0 Å². The summed E-state index contributed by atoms with van der Waals surface area (Å²) < 4.78 is 50.1. The minimum atomic E-state index is -3.98. The summed E-state index contributed by atoms with van der Waals surface area (Å²) in [4.78, 5) is 12.3. The van der Waals surface area contributed by atoms with E-state index < -0.39 is 33.6 Å². The number of rotatable bonds is 4. The zero-order valence-corrected chi connectivity index (χ0v) is 14.7. The monoisotopic (exact) mass is 368 g/mol. The predicted octanol–water partition coefficient (Wildman–Crippen LogP) is 2.72. The lowest BCUT2D eigenvalue weighted by atomic mass is 10.0. The zero-order chi connectivity index (χ0) is 18.9. The number of halogens is 2. The Labute approximate surface area is 144 Å². The Morgan fingerprint density at radius 2 is 1.76 bits per heavy atom. The van der Waals surface area contributed by atoms with Gasteiger partial charge in [-0.1, -0.05) is 12.1 Å². The van der Waals surface area contributed by atoms with Gasteiger partial charge in [0.15, 0.2) is 0 Å². The van der Waals surface area contributed by atoms with Gasteiger partial charge in [0, 0.05) is 17.2 Å². The molecule has 3 N–H and O–H groups in total. The number of nitrogens with one attached hydrogen (secondary N) is 1. The summed E-state index contributed by atoms with van der Waals surface area (Å²) in [5.41, 5.74) is 1.21. The van der Waals surface area contributed by atoms with E-state index in [1.54, 1.807) is 20.8 Å². The second kappa shape index (κ2) is 6.89. The van der Waals surface area contributed by atoms with E-state index in [2.05, 4.69) is 5.32 Å². The third-order valence-corrected chi connectivity index (χ3v) is 4.90. The van der Waals surface area contributed by atoms with E-state index in [4.69, 9.17) is 5.14 Å². The highest BCUT2D eigenvalue weighted by molar-refractivity contribution is 7.89. The van der Waals surface area contributed by atoms with Crippen molar-refractivity contribution in [3.8, 4) is 0 Å². The van der Waals surface area contributed by atoms with Crippen LogP contribution in [0.15, 0.2) is 35.2 Å². The Kier molecular flexibility index (Phi) is 5.24. The maximum absolute atomic E-state index is 13.8. The molecule has 1 amide bonds. The first-order valence-corrected chi connectivity index (χ1v) is 8.95. The fourth-order valence-electron chi connectivity index (χ4n) is 2.59. The Hall–Kier alpha value is -2.32. The normalized spacial score (nSPS) is 12.7. The molecule has 0 unspecified atom stereocenters. The van der Waals surface area contributed by atoms with E-state index in [0.717, 1.165) is 12.1 Å². The van der Waals surface area contributed by atoms with Crippen LogP contribution in [0.2, 0.25) is 0 Å². The first kappa shape index (κ1) is 19.0. The summed E-state index contributed by atoms with van der Waals surface area (Å²) in [7, 11) is -3.98. The lowest BCUT2D eigenvalue weighted by Crippen LogP contribution is -2.28. The quantitative estimate of drug-likeness (QED) is 0.870. The molecule has 5 nitrogen and oxygen atoms in total. The molecule has 2 aromatic rings. The van der Waals surface area contributed by atoms with Gasteiger partial charge in [-0.25, -0.2) is 22.3 Å². The van der Waals surface area contributed by atoms with E-state index in [0.29, 0.717) is 11.1 Å². The van der Waals surface area contributed by atoms with Crippen LogP contribution >= 0.6 is 0 Å². The van der Waals surface area contributed by atoms with Crippen LogP contribution in [-0.2, 0) is 10.0 Å². The number of hydrogen-bond donors (Lipinski definition) is 2. The van der Waals surface area contributed by atoms with Gasteiger partial charge in [0.2, 0.25) is 10.0 Å². The van der Waals surface area contributed by atoms with Gasteiger partial charge in [0.05, 0.1) is 10.9 Å². The topological polar surface area (TPSA) is 89.3 Å². The van der Waals surface area contributed by atoms with Gasteiger partial charge in [-0.05, 0) is 44.0 Å². The highest BCUT2D eigenvalue weighted by Crippen LogP contribution is 2.22. The molecule has 0 spiro atoms. The molecule has 0 saturated heterocycles. The number of primary sulfonamides is 1. The molecule has 0 aromatic heterocycles. The number of hydrogen-bond acceptors (Lipinski definition) is 3. The zero-order valence-electron chi connectivity index (χ0n) is 13.9. The molecule has 0 saturated carbocycles. The molecule has 25 heavy (non-hydrogen) atoms. The SMILES string of the molecule is Cc1cc(C)c(S(N)(=O)=O)cc1C(=O)N[C@@H](C)c1ccc(F)cc1F. The fraction of sp³-hybridized carbons (Fsp3) is 0.235. The van der Waals surface area contributed by atoms with Crippen molar-refractivity contribution >= 4 is 15.9 Å². The van der Waals surface area contributed by atoms with Gasteiger partial charge in [-0.15, -0.1) is 0 Å². The van der Waals surface area contributed by atoms with Crippen molar-refractivity contribution in [3.05, 3.63) is 64.2 Å². The maximum Gasteiger partial charge on any atom is 0.252 e. The van der Waals surface area contributed by atoms with Gasteiger partial charge >= 0.3 is 0 Å². The van der Waals surface area contributed by atoms with Crippen LogP contribution in [0.5, 0.6) is 0 Å². The molecule has 0 bridgehead atoms. The summed E-state index contributed by atoms with van der Waals surface area (Å²) in [5.74, 6) is -2.08. The molecule has 134 valence electrons. The summed E-state index contributed by atoms with van der Waals surface area (Å²) in [6.07, 6.45) is 0. The number of benzene rings is 2. The Morgan fingerprint density at radius 1 is 1.12 bits per heavy atom. The first-order chi connectivity index (χ1) is 11.5. The minimum Gasteiger partial charge on any atom is -0.345 e. The molecular formula is C17H18F2N2O3S. The Bertz CT molecular complexity index is 943. The van der Waals surface area contributed by atoms with Crippen LogP contribution in [0.4, 0.5) is 8.78 Å². The van der Waals surface area contributed by atoms with Crippen molar-refractivity contribution in [3.63, 3.8) is 0 Å². The van der Waals surface area contributed by atoms with E-state index in [1.807, 2.05) is 0 Å². The molecule has 0 aliphatic heterocycles. The molecule has 0 aliphatic carbocycles. The summed E-state index contributed by atoms with van der Waals surface area (Å²) in [6.45, 7) is 4.77. The minimum absolute atomic E-state index is 0.115. The number of amides is 1. The molecular weight excluding hydrogens is 350 g/mol. The molecule has 2 rings (SSSR count). The van der Waals surface area contributed by atoms with Gasteiger partial charge in [-0.2, -0.15) is 0 Å². The molecule has 1 atom stereocenters. The number of carbonyl (C=O) groups is 1. The van der Waals surface area contributed by atoms with Crippen molar-refractivity contribution in [2.24, 2.45) is 5.14 Å². The van der Waals surface area contributed by atoms with Crippen molar-refractivity contribution in [2.75, 3.05) is 0 Å². The van der Waals surface area contributed by atoms with Gasteiger partial charge < -0.3 is 5.32 Å². The van der Waals surface area contributed by atoms with Crippen molar-refractivity contribution in [1.29, 1.82) is 0 Å². The van der Waals surface area contributed by atoms with Gasteiger partial charge in [0.1, 0.15) is 11.6 Å². The summed E-state index contributed by atoms with van der Waals surface area (Å²) in [6, 6.07) is 5.06. The lowest BCUT2D eigenvalue weighted by molar-refractivity contribution is 0.0938. The summed E-state index contributed by atoms with van der Waals surface area (Å²) in [5, 5.41) is 7.73. The highest BCUT2D eigenvalue weighted by atomic mass is 32.2. The van der Waals surface area contributed by atoms with Crippen LogP contribution in [0.1, 0.15) is 40.0 Å². The predicted molar refractivity (Wildman–Crippen MR) is 89.5 cm³/mol. The average molecular weight is 368 g/mol. The number of sulfonamides is 1. The number of aryl methyl sites for hydroxylation is 2. The molecule has 0 heterocycles. The standard InChI is InChI=1S/C17H18F2N2O3S/c1-9-6-10(2)16(25(20,23)24)8-14(9)17(22)21-11(3)13-5-4-12(18)7-15(13)19/h4-8,11H,1-3H3,(H,21,22)(H2,20,23,24)/t11-/m0/s1. The van der Waals surface area contributed by atoms with Crippen LogP contribution in [0.3, 0.4) is 0 Å². The second-order valence-electron chi connectivity index (χ2n) is 5.84. The third kappa shape index (κ3) is 4.21. The van der Waals surface area contributed by atoms with E-state index in [9.17, 15) is 22.0 Å². The van der Waals surface area contributed by atoms with Crippen molar-refractivity contribution in [2.45, 2.75) is 31.7 Å².